The third-order valence-electron chi connectivity index (χ3n) is 3.55. The number of hydrogen-bond donors (Lipinski definition) is 0. The molecule has 0 bridgehead atoms. The molecule has 78 valence electrons. The Hall–Kier alpha value is -1.31. The number of fused-ring (bicyclic) bond motifs is 2. The molecule has 1 atom stereocenters. The Labute approximate surface area is 89.3 Å². The third kappa shape index (κ3) is 1.02. The summed E-state index contributed by atoms with van der Waals surface area (Å²) in [6, 6.07) is 0. The summed E-state index contributed by atoms with van der Waals surface area (Å²) in [5, 5.41) is 0. The first-order valence-corrected chi connectivity index (χ1v) is 5.57. The van der Waals surface area contributed by atoms with Crippen LogP contribution in [-0.2, 0) is 9.53 Å². The first-order valence-electron chi connectivity index (χ1n) is 5.57. The number of ether oxygens (including phenoxy) is 1. The Morgan fingerprint density at radius 1 is 1.60 bits per heavy atom. The maximum atomic E-state index is 11.9. The molecule has 15 heavy (non-hydrogen) atoms. The molecule has 0 heterocycles. The molecule has 0 N–H and O–H groups in total. The fraction of sp³-hybridized carbons (Fsp3) is 0.462. The van der Waals surface area contributed by atoms with Gasteiger partial charge in [0, 0.05) is 0 Å². The molecule has 2 nitrogen and oxygen atoms in total. The van der Waals surface area contributed by atoms with Gasteiger partial charge in [-0.3, -0.25) is 4.79 Å². The van der Waals surface area contributed by atoms with Crippen LogP contribution in [0, 0.1) is 5.41 Å². The normalized spacial score (nSPS) is 30.9. The molecule has 0 saturated heterocycles. The SMILES string of the molecule is CCOC(=O)C12CC1=CC1=C2CCC=C1. The van der Waals surface area contributed by atoms with Gasteiger partial charge >= 0.3 is 5.97 Å². The van der Waals surface area contributed by atoms with Gasteiger partial charge in [0.1, 0.15) is 5.41 Å². The van der Waals surface area contributed by atoms with Crippen LogP contribution in [0.3, 0.4) is 0 Å². The number of carbonyl (C=O) groups excluding carboxylic acids is 1. The second-order valence-corrected chi connectivity index (χ2v) is 4.35. The van der Waals surface area contributed by atoms with E-state index in [1.165, 1.54) is 16.7 Å². The number of esters is 1. The number of hydrogen-bond acceptors (Lipinski definition) is 2. The molecule has 1 fully saturated rings. The molecule has 1 unspecified atom stereocenters. The average molecular weight is 202 g/mol. The predicted octanol–water partition coefficient (Wildman–Crippen LogP) is 2.53. The lowest BCUT2D eigenvalue weighted by molar-refractivity contribution is -0.147. The van der Waals surface area contributed by atoms with E-state index >= 15 is 0 Å². The maximum Gasteiger partial charge on any atom is 0.320 e. The highest BCUT2D eigenvalue weighted by molar-refractivity contribution is 5.93. The van der Waals surface area contributed by atoms with Crippen LogP contribution in [0.2, 0.25) is 0 Å². The van der Waals surface area contributed by atoms with Crippen LogP contribution in [0.1, 0.15) is 26.2 Å². The highest BCUT2D eigenvalue weighted by Crippen LogP contribution is 2.65. The van der Waals surface area contributed by atoms with Gasteiger partial charge in [-0.1, -0.05) is 18.2 Å². The zero-order valence-corrected chi connectivity index (χ0v) is 8.88. The molecule has 0 radical (unpaired) electrons. The molecule has 3 rings (SSSR count). The third-order valence-corrected chi connectivity index (χ3v) is 3.55. The molecular weight excluding hydrogens is 188 g/mol. The summed E-state index contributed by atoms with van der Waals surface area (Å²) in [6.07, 6.45) is 9.46. The van der Waals surface area contributed by atoms with Gasteiger partial charge in [0.05, 0.1) is 6.61 Å². The Morgan fingerprint density at radius 2 is 2.47 bits per heavy atom. The zero-order valence-electron chi connectivity index (χ0n) is 8.88. The number of carbonyl (C=O) groups is 1. The van der Waals surface area contributed by atoms with Gasteiger partial charge in [-0.05, 0) is 42.9 Å². The monoisotopic (exact) mass is 202 g/mol. The van der Waals surface area contributed by atoms with Crippen LogP contribution in [0.25, 0.3) is 0 Å². The van der Waals surface area contributed by atoms with Gasteiger partial charge in [-0.15, -0.1) is 0 Å². The average Bonchev–Trinajstić information content (AvgIpc) is 2.88. The Bertz CT molecular complexity index is 426. The summed E-state index contributed by atoms with van der Waals surface area (Å²) < 4.78 is 5.18. The van der Waals surface area contributed by atoms with E-state index in [4.69, 9.17) is 4.74 Å². The Kier molecular flexibility index (Phi) is 1.70. The lowest BCUT2D eigenvalue weighted by atomic mass is 9.88. The van der Waals surface area contributed by atoms with E-state index < -0.39 is 0 Å². The smallest absolute Gasteiger partial charge is 0.320 e. The second kappa shape index (κ2) is 2.84. The molecule has 0 aromatic rings. The molecule has 1 saturated carbocycles. The van der Waals surface area contributed by atoms with E-state index in [-0.39, 0.29) is 11.4 Å². The van der Waals surface area contributed by atoms with Crippen LogP contribution in [-0.4, -0.2) is 12.6 Å². The summed E-state index contributed by atoms with van der Waals surface area (Å²) in [5.41, 5.74) is 3.52. The Morgan fingerprint density at radius 3 is 3.27 bits per heavy atom. The highest BCUT2D eigenvalue weighted by atomic mass is 16.5. The van der Waals surface area contributed by atoms with Crippen molar-refractivity contribution in [2.24, 2.45) is 5.41 Å². The van der Waals surface area contributed by atoms with Crippen molar-refractivity contribution in [3.05, 3.63) is 34.9 Å². The molecule has 0 amide bonds. The van der Waals surface area contributed by atoms with Crippen LogP contribution in [0.5, 0.6) is 0 Å². The van der Waals surface area contributed by atoms with Crippen LogP contribution in [0.4, 0.5) is 0 Å². The molecule has 3 aliphatic rings. The summed E-state index contributed by atoms with van der Waals surface area (Å²) in [4.78, 5) is 11.9. The first kappa shape index (κ1) is 8.96. The van der Waals surface area contributed by atoms with E-state index in [1.807, 2.05) is 6.92 Å². The van der Waals surface area contributed by atoms with Gasteiger partial charge in [0.2, 0.25) is 0 Å². The standard InChI is InChI=1S/C13H14O2/c1-2-15-12(14)13-8-10(13)7-9-5-3-4-6-11(9)13/h3,5,7H,2,4,6,8H2,1H3. The first-order chi connectivity index (χ1) is 7.29. The molecule has 3 aliphatic carbocycles. The fourth-order valence-electron chi connectivity index (χ4n) is 2.76. The van der Waals surface area contributed by atoms with E-state index in [9.17, 15) is 4.79 Å². The number of allylic oxidation sites excluding steroid dienone is 4. The Balaban J connectivity index is 1.96. The van der Waals surface area contributed by atoms with E-state index in [2.05, 4.69) is 18.2 Å². The van der Waals surface area contributed by atoms with Crippen molar-refractivity contribution in [2.75, 3.05) is 6.61 Å². The summed E-state index contributed by atoms with van der Waals surface area (Å²) >= 11 is 0. The summed E-state index contributed by atoms with van der Waals surface area (Å²) in [5.74, 6) is -0.0310. The van der Waals surface area contributed by atoms with Gasteiger partial charge in [0.25, 0.3) is 0 Å². The fourth-order valence-corrected chi connectivity index (χ4v) is 2.76. The quantitative estimate of drug-likeness (QED) is 0.643. The van der Waals surface area contributed by atoms with Crippen LogP contribution >= 0.6 is 0 Å². The molecular formula is C13H14O2. The van der Waals surface area contributed by atoms with Crippen molar-refractivity contribution < 1.29 is 9.53 Å². The van der Waals surface area contributed by atoms with Crippen molar-refractivity contribution in [1.82, 2.24) is 0 Å². The minimum absolute atomic E-state index is 0.0310. The van der Waals surface area contributed by atoms with Crippen molar-refractivity contribution >= 4 is 5.97 Å². The highest BCUT2D eigenvalue weighted by Gasteiger charge is 2.62. The lowest BCUT2D eigenvalue weighted by Gasteiger charge is -2.18. The van der Waals surface area contributed by atoms with Crippen molar-refractivity contribution in [3.63, 3.8) is 0 Å². The molecule has 0 spiro atoms. The van der Waals surface area contributed by atoms with E-state index in [0.29, 0.717) is 6.61 Å². The summed E-state index contributed by atoms with van der Waals surface area (Å²) in [6.45, 7) is 2.34. The lowest BCUT2D eigenvalue weighted by Crippen LogP contribution is -2.21. The minimum Gasteiger partial charge on any atom is -0.465 e. The topological polar surface area (TPSA) is 26.3 Å². The maximum absolute atomic E-state index is 11.9. The van der Waals surface area contributed by atoms with Gasteiger partial charge in [-0.25, -0.2) is 0 Å². The van der Waals surface area contributed by atoms with Crippen molar-refractivity contribution in [1.29, 1.82) is 0 Å². The molecule has 0 aromatic heterocycles. The molecule has 0 aliphatic heterocycles. The van der Waals surface area contributed by atoms with E-state index in [1.54, 1.807) is 0 Å². The van der Waals surface area contributed by atoms with E-state index in [0.717, 1.165) is 19.3 Å². The van der Waals surface area contributed by atoms with Gasteiger partial charge in [0.15, 0.2) is 0 Å². The van der Waals surface area contributed by atoms with Gasteiger partial charge in [-0.2, -0.15) is 0 Å². The van der Waals surface area contributed by atoms with Crippen LogP contribution < -0.4 is 0 Å². The predicted molar refractivity (Wildman–Crippen MR) is 57.2 cm³/mol. The van der Waals surface area contributed by atoms with Gasteiger partial charge < -0.3 is 4.74 Å². The largest absolute Gasteiger partial charge is 0.465 e. The van der Waals surface area contributed by atoms with Crippen LogP contribution in [0.15, 0.2) is 34.9 Å². The molecule has 2 heteroatoms. The van der Waals surface area contributed by atoms with Crippen molar-refractivity contribution in [3.8, 4) is 0 Å². The minimum atomic E-state index is -0.309. The van der Waals surface area contributed by atoms with Crippen molar-refractivity contribution in [2.45, 2.75) is 26.2 Å². The molecule has 0 aromatic carbocycles. The zero-order chi connectivity index (χ0) is 10.5. The number of rotatable bonds is 2. The second-order valence-electron chi connectivity index (χ2n) is 4.35. The summed E-state index contributed by atoms with van der Waals surface area (Å²) in [7, 11) is 0.